The van der Waals surface area contributed by atoms with Crippen molar-refractivity contribution >= 4 is 5.91 Å². The van der Waals surface area contributed by atoms with E-state index >= 15 is 0 Å². The molecule has 3 rings (SSSR count). The van der Waals surface area contributed by atoms with Gasteiger partial charge in [0.25, 0.3) is 5.91 Å². The lowest BCUT2D eigenvalue weighted by Crippen LogP contribution is -2.32. The maximum Gasteiger partial charge on any atom is 0.251 e. The molecule has 2 atom stereocenters. The third-order valence-electron chi connectivity index (χ3n) is 5.16. The lowest BCUT2D eigenvalue weighted by molar-refractivity contribution is 0.0910. The summed E-state index contributed by atoms with van der Waals surface area (Å²) in [6, 6.07) is 12.4. The van der Waals surface area contributed by atoms with Gasteiger partial charge in [-0.3, -0.25) is 4.79 Å². The number of carbonyl (C=O) groups excluding carboxylic acids is 1. The fourth-order valence-corrected chi connectivity index (χ4v) is 3.07. The number of rotatable bonds is 8. The number of carbonyl (C=O) groups is 1. The van der Waals surface area contributed by atoms with E-state index in [2.05, 4.69) is 22.4 Å². The highest BCUT2D eigenvalue weighted by molar-refractivity contribution is 5.94. The molecule has 2 aromatic carbocycles. The maximum atomic E-state index is 12.8. The van der Waals surface area contributed by atoms with Crippen molar-refractivity contribution in [2.75, 3.05) is 14.2 Å². The minimum atomic E-state index is -0.398. The predicted molar refractivity (Wildman–Crippen MR) is 114 cm³/mol. The van der Waals surface area contributed by atoms with Gasteiger partial charge in [0.05, 0.1) is 14.2 Å². The number of nitrogens with one attached hydrogen (secondary N) is 1. The van der Waals surface area contributed by atoms with Crippen LogP contribution in [-0.4, -0.2) is 30.3 Å². The third kappa shape index (κ3) is 4.62. The standard InChI is InChI=1S/C23H27N3O4/c1-6-15(3)20(24-22(27)16-9-7-14(2)8-10-16)23-25-21(26-30-23)17-11-12-18(28-4)19(13-17)29-5/h7-13,15,20H,6H2,1-5H3,(H,24,27)/t15-,20-/m0/s1. The molecule has 3 aromatic rings. The van der Waals surface area contributed by atoms with Crippen LogP contribution < -0.4 is 14.8 Å². The smallest absolute Gasteiger partial charge is 0.251 e. The summed E-state index contributed by atoms with van der Waals surface area (Å²) in [7, 11) is 3.15. The minimum absolute atomic E-state index is 0.109. The van der Waals surface area contributed by atoms with Crippen LogP contribution in [0.1, 0.15) is 48.1 Å². The molecule has 0 saturated carbocycles. The predicted octanol–water partition coefficient (Wildman–Crippen LogP) is 4.58. The maximum absolute atomic E-state index is 12.8. The fraction of sp³-hybridized carbons (Fsp3) is 0.348. The highest BCUT2D eigenvalue weighted by Crippen LogP contribution is 2.32. The van der Waals surface area contributed by atoms with Gasteiger partial charge in [0.1, 0.15) is 6.04 Å². The second-order valence-corrected chi connectivity index (χ2v) is 7.23. The van der Waals surface area contributed by atoms with Crippen LogP contribution in [0.5, 0.6) is 11.5 Å². The number of aryl methyl sites for hydroxylation is 1. The molecule has 0 unspecified atom stereocenters. The van der Waals surface area contributed by atoms with Gasteiger partial charge < -0.3 is 19.3 Å². The van der Waals surface area contributed by atoms with Crippen molar-refractivity contribution < 1.29 is 18.8 Å². The number of aromatic nitrogens is 2. The van der Waals surface area contributed by atoms with Crippen molar-refractivity contribution in [2.45, 2.75) is 33.2 Å². The molecular formula is C23H27N3O4. The first kappa shape index (κ1) is 21.4. The van der Waals surface area contributed by atoms with Crippen LogP contribution in [0.4, 0.5) is 0 Å². The average Bonchev–Trinajstić information content (AvgIpc) is 3.26. The fourth-order valence-electron chi connectivity index (χ4n) is 3.07. The van der Waals surface area contributed by atoms with Crippen LogP contribution in [0.2, 0.25) is 0 Å². The summed E-state index contributed by atoms with van der Waals surface area (Å²) in [6.45, 7) is 6.08. The second kappa shape index (κ2) is 9.43. The first-order chi connectivity index (χ1) is 14.5. The topological polar surface area (TPSA) is 86.5 Å². The lowest BCUT2D eigenvalue weighted by atomic mass is 9.98. The van der Waals surface area contributed by atoms with Crippen LogP contribution >= 0.6 is 0 Å². The summed E-state index contributed by atoms with van der Waals surface area (Å²) < 4.78 is 16.2. The molecule has 158 valence electrons. The first-order valence-electron chi connectivity index (χ1n) is 9.90. The Morgan fingerprint density at radius 1 is 1.10 bits per heavy atom. The van der Waals surface area contributed by atoms with Gasteiger partial charge >= 0.3 is 0 Å². The number of benzene rings is 2. The highest BCUT2D eigenvalue weighted by Gasteiger charge is 2.27. The van der Waals surface area contributed by atoms with Crippen molar-refractivity contribution in [2.24, 2.45) is 5.92 Å². The van der Waals surface area contributed by atoms with E-state index in [1.807, 2.05) is 32.0 Å². The number of amides is 1. The van der Waals surface area contributed by atoms with E-state index in [-0.39, 0.29) is 11.8 Å². The van der Waals surface area contributed by atoms with E-state index in [0.717, 1.165) is 17.5 Å². The zero-order valence-corrected chi connectivity index (χ0v) is 17.9. The summed E-state index contributed by atoms with van der Waals surface area (Å²) in [5.41, 5.74) is 2.42. The zero-order chi connectivity index (χ0) is 21.7. The Morgan fingerprint density at radius 3 is 2.43 bits per heavy atom. The van der Waals surface area contributed by atoms with E-state index < -0.39 is 6.04 Å². The quantitative estimate of drug-likeness (QED) is 0.586. The van der Waals surface area contributed by atoms with Gasteiger partial charge in [-0.1, -0.05) is 43.1 Å². The second-order valence-electron chi connectivity index (χ2n) is 7.23. The molecule has 1 aromatic heterocycles. The van der Waals surface area contributed by atoms with Gasteiger partial charge in [-0.05, 0) is 43.2 Å². The van der Waals surface area contributed by atoms with Crippen molar-refractivity contribution in [1.82, 2.24) is 15.5 Å². The van der Waals surface area contributed by atoms with Crippen LogP contribution in [0.3, 0.4) is 0 Å². The van der Waals surface area contributed by atoms with Crippen LogP contribution in [0.25, 0.3) is 11.4 Å². The molecule has 0 saturated heterocycles. The van der Waals surface area contributed by atoms with E-state index in [1.165, 1.54) is 0 Å². The Bertz CT molecular complexity index is 998. The zero-order valence-electron chi connectivity index (χ0n) is 17.9. The minimum Gasteiger partial charge on any atom is -0.493 e. The molecule has 0 radical (unpaired) electrons. The molecular weight excluding hydrogens is 382 g/mol. The molecule has 1 N–H and O–H groups in total. The van der Waals surface area contributed by atoms with Crippen molar-refractivity contribution in [1.29, 1.82) is 0 Å². The van der Waals surface area contributed by atoms with Crippen molar-refractivity contribution in [3.63, 3.8) is 0 Å². The lowest BCUT2D eigenvalue weighted by Gasteiger charge is -2.20. The number of methoxy groups -OCH3 is 2. The summed E-state index contributed by atoms with van der Waals surface area (Å²) in [5.74, 6) is 1.92. The molecule has 7 nitrogen and oxygen atoms in total. The normalized spacial score (nSPS) is 12.8. The van der Waals surface area contributed by atoms with E-state index in [4.69, 9.17) is 14.0 Å². The van der Waals surface area contributed by atoms with E-state index in [9.17, 15) is 4.79 Å². The average molecular weight is 409 g/mol. The summed E-state index contributed by atoms with van der Waals surface area (Å²) >= 11 is 0. The Labute approximate surface area is 176 Å². The molecule has 0 spiro atoms. The van der Waals surface area contributed by atoms with Gasteiger partial charge in [-0.2, -0.15) is 4.98 Å². The Kier molecular flexibility index (Phi) is 6.72. The highest BCUT2D eigenvalue weighted by atomic mass is 16.5. The van der Waals surface area contributed by atoms with Gasteiger partial charge in [-0.25, -0.2) is 0 Å². The van der Waals surface area contributed by atoms with Gasteiger partial charge in [0.2, 0.25) is 11.7 Å². The third-order valence-corrected chi connectivity index (χ3v) is 5.16. The molecule has 1 amide bonds. The number of nitrogens with zero attached hydrogens (tertiary/aromatic N) is 2. The summed E-state index contributed by atoms with van der Waals surface area (Å²) in [5, 5.41) is 7.16. The largest absolute Gasteiger partial charge is 0.493 e. The molecule has 30 heavy (non-hydrogen) atoms. The van der Waals surface area contributed by atoms with Crippen LogP contribution in [-0.2, 0) is 0 Å². The van der Waals surface area contributed by atoms with Crippen molar-refractivity contribution in [3.05, 3.63) is 59.5 Å². The van der Waals surface area contributed by atoms with E-state index in [0.29, 0.717) is 28.8 Å². The van der Waals surface area contributed by atoms with E-state index in [1.54, 1.807) is 38.5 Å². The molecule has 0 aliphatic carbocycles. The number of hydrogen-bond donors (Lipinski definition) is 1. The molecule has 0 aliphatic heterocycles. The SMILES string of the molecule is CC[C@H](C)[C@H](NC(=O)c1ccc(C)cc1)c1nc(-c2ccc(OC)c(OC)c2)no1. The molecule has 0 bridgehead atoms. The van der Waals surface area contributed by atoms with Gasteiger partial charge in [0.15, 0.2) is 11.5 Å². The Hall–Kier alpha value is -3.35. The molecule has 0 fully saturated rings. The number of ether oxygens (including phenoxy) is 2. The van der Waals surface area contributed by atoms with Crippen LogP contribution in [0.15, 0.2) is 47.0 Å². The Morgan fingerprint density at radius 2 is 1.80 bits per heavy atom. The first-order valence-corrected chi connectivity index (χ1v) is 9.90. The van der Waals surface area contributed by atoms with Crippen LogP contribution in [0, 0.1) is 12.8 Å². The van der Waals surface area contributed by atoms with Gasteiger partial charge in [-0.15, -0.1) is 0 Å². The summed E-state index contributed by atoms with van der Waals surface area (Å²) in [6.07, 6.45) is 0.840. The Balaban J connectivity index is 1.86. The monoisotopic (exact) mass is 409 g/mol. The van der Waals surface area contributed by atoms with Gasteiger partial charge in [0, 0.05) is 11.1 Å². The summed E-state index contributed by atoms with van der Waals surface area (Å²) in [4.78, 5) is 17.3. The molecule has 0 aliphatic rings. The van der Waals surface area contributed by atoms with Crippen molar-refractivity contribution in [3.8, 4) is 22.9 Å². The molecule has 1 heterocycles. The number of hydrogen-bond acceptors (Lipinski definition) is 6. The molecule has 7 heteroatoms.